The molecular weight excluding hydrogens is 837 g/mol. The molecule has 0 spiro atoms. The van der Waals surface area contributed by atoms with Crippen LogP contribution in [0.25, 0.3) is 0 Å². The van der Waals surface area contributed by atoms with E-state index in [1.807, 2.05) is 6.08 Å². The second kappa shape index (κ2) is 56.8. The monoisotopic (exact) mass is 935 g/mol. The highest BCUT2D eigenvalue weighted by molar-refractivity contribution is 5.70. The standard InChI is InChI=1S/C63H98O5/c1-4-7-10-13-16-19-22-25-28-30-32-33-36-38-41-44-47-50-53-56-62(64)67-60-61(68-63(65)57-54-51-48-45-42-39-35-27-24-21-18-15-12-9-6-3)59-66-58-55-52-49-46-43-40-37-34-31-29-26-23-20-17-14-11-8-5-2/h7-12,16-21,25-29,32-35,37-38,41,47,50,61H,4-6,13-15,22-24,30-31,36,39-40,42-46,48-49,51-60H2,1-3H3/b10-7-,11-8-,12-9-,19-16-,20-17-,21-18-,28-25-,29-26-,33-32-,35-27-,37-34-,41-38-,50-47-. The van der Waals surface area contributed by atoms with Crippen LogP contribution in [-0.4, -0.2) is 37.9 Å². The minimum atomic E-state index is -0.599. The molecular formula is C63H98O5. The molecule has 0 aliphatic heterocycles. The fourth-order valence-corrected chi connectivity index (χ4v) is 6.66. The number of allylic oxidation sites excluding steroid dienone is 26. The molecule has 5 heteroatoms. The van der Waals surface area contributed by atoms with Crippen molar-refractivity contribution in [2.45, 2.75) is 207 Å². The summed E-state index contributed by atoms with van der Waals surface area (Å²) in [7, 11) is 0. The van der Waals surface area contributed by atoms with E-state index in [2.05, 4.69) is 173 Å². The highest BCUT2D eigenvalue weighted by atomic mass is 16.6. The Morgan fingerprint density at radius 1 is 0.324 bits per heavy atom. The predicted molar refractivity (Wildman–Crippen MR) is 297 cm³/mol. The van der Waals surface area contributed by atoms with Gasteiger partial charge >= 0.3 is 11.9 Å². The van der Waals surface area contributed by atoms with Crippen molar-refractivity contribution >= 4 is 11.9 Å². The van der Waals surface area contributed by atoms with Crippen LogP contribution in [0, 0.1) is 0 Å². The Balaban J connectivity index is 4.50. The van der Waals surface area contributed by atoms with E-state index >= 15 is 0 Å². The molecule has 0 aromatic carbocycles. The molecule has 0 N–H and O–H groups in total. The van der Waals surface area contributed by atoms with Crippen molar-refractivity contribution in [3.8, 4) is 0 Å². The van der Waals surface area contributed by atoms with E-state index in [-0.39, 0.29) is 31.6 Å². The third-order valence-electron chi connectivity index (χ3n) is 10.6. The van der Waals surface area contributed by atoms with Gasteiger partial charge in [0.05, 0.1) is 6.61 Å². The van der Waals surface area contributed by atoms with E-state index in [0.29, 0.717) is 19.4 Å². The van der Waals surface area contributed by atoms with Gasteiger partial charge in [-0.2, -0.15) is 0 Å². The first-order valence-corrected chi connectivity index (χ1v) is 27.0. The molecule has 68 heavy (non-hydrogen) atoms. The summed E-state index contributed by atoms with van der Waals surface area (Å²) in [5.41, 5.74) is 0. The quantitative estimate of drug-likeness (QED) is 0.0346. The van der Waals surface area contributed by atoms with Gasteiger partial charge < -0.3 is 14.2 Å². The van der Waals surface area contributed by atoms with Gasteiger partial charge in [0.2, 0.25) is 0 Å². The molecule has 0 aromatic heterocycles. The van der Waals surface area contributed by atoms with Gasteiger partial charge in [-0.25, -0.2) is 0 Å². The number of esters is 2. The molecule has 0 heterocycles. The van der Waals surface area contributed by atoms with Crippen molar-refractivity contribution in [3.05, 3.63) is 158 Å². The lowest BCUT2D eigenvalue weighted by Gasteiger charge is -2.18. The van der Waals surface area contributed by atoms with Crippen LogP contribution >= 0.6 is 0 Å². The Morgan fingerprint density at radius 3 is 1.04 bits per heavy atom. The summed E-state index contributed by atoms with van der Waals surface area (Å²) in [6.07, 6.45) is 84.1. The Bertz CT molecular complexity index is 1520. The lowest BCUT2D eigenvalue weighted by molar-refractivity contribution is -0.162. The first-order valence-electron chi connectivity index (χ1n) is 27.0. The summed E-state index contributed by atoms with van der Waals surface area (Å²) < 4.78 is 17.3. The van der Waals surface area contributed by atoms with Crippen molar-refractivity contribution in [1.82, 2.24) is 0 Å². The van der Waals surface area contributed by atoms with Crippen LogP contribution in [0.3, 0.4) is 0 Å². The predicted octanol–water partition coefficient (Wildman–Crippen LogP) is 18.7. The zero-order valence-electron chi connectivity index (χ0n) is 43.6. The first kappa shape index (κ1) is 63.5. The van der Waals surface area contributed by atoms with Gasteiger partial charge in [0.15, 0.2) is 6.10 Å². The molecule has 0 fully saturated rings. The average molecular weight is 935 g/mol. The van der Waals surface area contributed by atoms with E-state index in [1.165, 1.54) is 25.7 Å². The third kappa shape index (κ3) is 54.1. The molecule has 0 saturated heterocycles. The smallest absolute Gasteiger partial charge is 0.306 e. The molecule has 0 aliphatic rings. The van der Waals surface area contributed by atoms with Crippen molar-refractivity contribution in [2.24, 2.45) is 0 Å². The van der Waals surface area contributed by atoms with Crippen molar-refractivity contribution < 1.29 is 23.8 Å². The maximum atomic E-state index is 12.8. The van der Waals surface area contributed by atoms with Crippen LogP contribution in [0.4, 0.5) is 0 Å². The first-order chi connectivity index (χ1) is 33.6. The highest BCUT2D eigenvalue weighted by Crippen LogP contribution is 2.11. The van der Waals surface area contributed by atoms with Gasteiger partial charge in [-0.3, -0.25) is 9.59 Å². The fourth-order valence-electron chi connectivity index (χ4n) is 6.66. The van der Waals surface area contributed by atoms with Gasteiger partial charge in [-0.15, -0.1) is 0 Å². The van der Waals surface area contributed by atoms with Crippen LogP contribution in [0.5, 0.6) is 0 Å². The molecule has 0 aliphatic carbocycles. The van der Waals surface area contributed by atoms with Crippen molar-refractivity contribution in [2.75, 3.05) is 19.8 Å². The third-order valence-corrected chi connectivity index (χ3v) is 10.6. The number of hydrogen-bond donors (Lipinski definition) is 0. The molecule has 0 aromatic rings. The van der Waals surface area contributed by atoms with E-state index in [1.54, 1.807) is 0 Å². The molecule has 1 atom stereocenters. The summed E-state index contributed by atoms with van der Waals surface area (Å²) in [6, 6.07) is 0. The second-order valence-electron chi connectivity index (χ2n) is 17.0. The van der Waals surface area contributed by atoms with E-state index in [9.17, 15) is 9.59 Å². The summed E-state index contributed by atoms with van der Waals surface area (Å²) in [5, 5.41) is 0. The number of ether oxygens (including phenoxy) is 3. The molecule has 380 valence electrons. The minimum absolute atomic E-state index is 0.0187. The van der Waals surface area contributed by atoms with Crippen molar-refractivity contribution in [1.29, 1.82) is 0 Å². The number of hydrogen-bond acceptors (Lipinski definition) is 5. The van der Waals surface area contributed by atoms with Crippen LogP contribution in [0.2, 0.25) is 0 Å². The SMILES string of the molecule is CC/C=C\C/C=C\C/C=C\C/C=C\C/C=C\C/C=C\CCC(=O)OCC(COCCCCCCC/C=C\C/C=C\C/C=C\C/C=C\CC)OC(=O)CCCCCCC/C=C\C/C=C\C/C=C\CC. The number of rotatable bonds is 47. The lowest BCUT2D eigenvalue weighted by Crippen LogP contribution is -2.30. The van der Waals surface area contributed by atoms with Gasteiger partial charge in [0.1, 0.15) is 6.61 Å². The molecule has 0 rings (SSSR count). The molecule has 0 radical (unpaired) electrons. The van der Waals surface area contributed by atoms with Crippen LogP contribution in [-0.2, 0) is 23.8 Å². The Labute approximate surface area is 418 Å². The van der Waals surface area contributed by atoms with Crippen LogP contribution in [0.15, 0.2) is 158 Å². The van der Waals surface area contributed by atoms with E-state index in [0.717, 1.165) is 135 Å². The topological polar surface area (TPSA) is 61.8 Å². The number of carbonyl (C=O) groups is 2. The molecule has 0 bridgehead atoms. The van der Waals surface area contributed by atoms with Gasteiger partial charge in [0.25, 0.3) is 0 Å². The minimum Gasteiger partial charge on any atom is -0.462 e. The zero-order chi connectivity index (χ0) is 49.2. The van der Waals surface area contributed by atoms with E-state index in [4.69, 9.17) is 14.2 Å². The Kier molecular flexibility index (Phi) is 53.1. The highest BCUT2D eigenvalue weighted by Gasteiger charge is 2.17. The van der Waals surface area contributed by atoms with Gasteiger partial charge in [0, 0.05) is 19.4 Å². The number of unbranched alkanes of at least 4 members (excludes halogenated alkanes) is 10. The van der Waals surface area contributed by atoms with Gasteiger partial charge in [-0.1, -0.05) is 217 Å². The maximum Gasteiger partial charge on any atom is 0.306 e. The normalized spacial score (nSPS) is 13.5. The largest absolute Gasteiger partial charge is 0.462 e. The molecule has 0 saturated carbocycles. The average Bonchev–Trinajstić information content (AvgIpc) is 3.34. The maximum absolute atomic E-state index is 12.8. The summed E-state index contributed by atoms with van der Waals surface area (Å²) in [5.74, 6) is -0.538. The van der Waals surface area contributed by atoms with E-state index < -0.39 is 6.10 Å². The summed E-state index contributed by atoms with van der Waals surface area (Å²) >= 11 is 0. The van der Waals surface area contributed by atoms with Crippen molar-refractivity contribution in [3.63, 3.8) is 0 Å². The molecule has 0 amide bonds. The second-order valence-corrected chi connectivity index (χ2v) is 17.0. The Hall–Kier alpha value is -4.48. The lowest BCUT2D eigenvalue weighted by atomic mass is 10.1. The van der Waals surface area contributed by atoms with Crippen LogP contribution < -0.4 is 0 Å². The van der Waals surface area contributed by atoms with Crippen LogP contribution in [0.1, 0.15) is 201 Å². The number of carbonyl (C=O) groups excluding carboxylic acids is 2. The Morgan fingerprint density at radius 2 is 0.647 bits per heavy atom. The molecule has 1 unspecified atom stereocenters. The summed E-state index contributed by atoms with van der Waals surface area (Å²) in [6.45, 7) is 7.32. The molecule has 5 nitrogen and oxygen atoms in total. The fraction of sp³-hybridized carbons (Fsp3) is 0.556. The summed E-state index contributed by atoms with van der Waals surface area (Å²) in [4.78, 5) is 25.4. The zero-order valence-corrected chi connectivity index (χ0v) is 43.6. The van der Waals surface area contributed by atoms with Gasteiger partial charge in [-0.05, 0) is 128 Å².